The Labute approximate surface area is 217 Å². The summed E-state index contributed by atoms with van der Waals surface area (Å²) in [5, 5.41) is 6.98. The van der Waals surface area contributed by atoms with Crippen LogP contribution in [-0.4, -0.2) is 70.9 Å². The summed E-state index contributed by atoms with van der Waals surface area (Å²) in [5.41, 5.74) is 5.77. The predicted molar refractivity (Wildman–Crippen MR) is 145 cm³/mol. The van der Waals surface area contributed by atoms with Crippen LogP contribution in [0.25, 0.3) is 22.3 Å². The first-order valence-electron chi connectivity index (χ1n) is 12.7. The second-order valence-electron chi connectivity index (χ2n) is 9.38. The standard InChI is InChI=1S/C28H33N7O2/c1-29-28(36)20-13-23(15-24(14-20)37-3)35(12-6-11-34-9-4-5-10-34)22-7-8-25-26(16-22)32-27(18-30-25)21-17-31-33(2)19-21/h7-8,13-19H,4-6,9-12H2,1-3H3,(H,29,36). The van der Waals surface area contributed by atoms with E-state index in [0.29, 0.717) is 11.3 Å². The molecular weight excluding hydrogens is 466 g/mol. The Balaban J connectivity index is 1.53. The average Bonchev–Trinajstić information content (AvgIpc) is 3.61. The van der Waals surface area contributed by atoms with Crippen molar-refractivity contribution in [3.05, 3.63) is 60.6 Å². The molecule has 1 saturated heterocycles. The van der Waals surface area contributed by atoms with Crippen LogP contribution in [-0.2, 0) is 7.05 Å². The molecule has 0 unspecified atom stereocenters. The Bertz CT molecular complexity index is 1390. The third-order valence-corrected chi connectivity index (χ3v) is 6.82. The number of ether oxygens (including phenoxy) is 1. The number of likely N-dealkylation sites (tertiary alicyclic amines) is 1. The van der Waals surface area contributed by atoms with Gasteiger partial charge in [-0.1, -0.05) is 0 Å². The van der Waals surface area contributed by atoms with E-state index >= 15 is 0 Å². The zero-order valence-corrected chi connectivity index (χ0v) is 21.6. The second kappa shape index (κ2) is 11.0. The fraction of sp³-hybridized carbons (Fsp3) is 0.357. The number of methoxy groups -OCH3 is 1. The molecule has 0 bridgehead atoms. The molecule has 192 valence electrons. The van der Waals surface area contributed by atoms with Gasteiger partial charge in [-0.15, -0.1) is 0 Å². The quantitative estimate of drug-likeness (QED) is 0.372. The maximum Gasteiger partial charge on any atom is 0.251 e. The first-order chi connectivity index (χ1) is 18.0. The van der Waals surface area contributed by atoms with Crippen LogP contribution in [0.1, 0.15) is 29.6 Å². The summed E-state index contributed by atoms with van der Waals surface area (Å²) in [6.07, 6.45) is 9.05. The number of anilines is 2. The lowest BCUT2D eigenvalue weighted by Gasteiger charge is -2.27. The van der Waals surface area contributed by atoms with Crippen LogP contribution in [0.2, 0.25) is 0 Å². The minimum Gasteiger partial charge on any atom is -0.497 e. The van der Waals surface area contributed by atoms with Gasteiger partial charge in [0.2, 0.25) is 0 Å². The molecule has 1 N–H and O–H groups in total. The Morgan fingerprint density at radius 3 is 2.65 bits per heavy atom. The number of aryl methyl sites for hydroxylation is 1. The number of amides is 1. The topological polar surface area (TPSA) is 88.4 Å². The zero-order chi connectivity index (χ0) is 25.8. The van der Waals surface area contributed by atoms with E-state index in [1.54, 1.807) is 37.3 Å². The molecule has 5 rings (SSSR count). The Morgan fingerprint density at radius 1 is 1.08 bits per heavy atom. The molecule has 3 heterocycles. The van der Waals surface area contributed by atoms with Crippen LogP contribution in [0.4, 0.5) is 11.4 Å². The molecule has 4 aromatic rings. The third kappa shape index (κ3) is 5.56. The van der Waals surface area contributed by atoms with E-state index in [1.165, 1.54) is 25.9 Å². The van der Waals surface area contributed by atoms with Crippen molar-refractivity contribution < 1.29 is 9.53 Å². The lowest BCUT2D eigenvalue weighted by atomic mass is 10.1. The molecule has 2 aromatic heterocycles. The van der Waals surface area contributed by atoms with Gasteiger partial charge in [-0.05, 0) is 69.2 Å². The molecule has 1 fully saturated rings. The number of nitrogens with one attached hydrogen (secondary N) is 1. The summed E-state index contributed by atoms with van der Waals surface area (Å²) in [7, 11) is 5.14. The fourth-order valence-electron chi connectivity index (χ4n) is 4.86. The van der Waals surface area contributed by atoms with Crippen LogP contribution in [0.15, 0.2) is 55.0 Å². The van der Waals surface area contributed by atoms with Crippen molar-refractivity contribution in [3.8, 4) is 17.0 Å². The molecule has 9 heteroatoms. The van der Waals surface area contributed by atoms with Gasteiger partial charge in [0.25, 0.3) is 5.91 Å². The average molecular weight is 500 g/mol. The van der Waals surface area contributed by atoms with E-state index in [4.69, 9.17) is 9.72 Å². The van der Waals surface area contributed by atoms with Crippen molar-refractivity contribution in [1.82, 2.24) is 30.0 Å². The minimum absolute atomic E-state index is 0.150. The molecule has 0 spiro atoms. The number of hydrogen-bond donors (Lipinski definition) is 1. The number of fused-ring (bicyclic) bond motifs is 1. The molecule has 1 aliphatic heterocycles. The summed E-state index contributed by atoms with van der Waals surface area (Å²) in [4.78, 5) is 26.8. The van der Waals surface area contributed by atoms with Crippen molar-refractivity contribution in [2.75, 3.05) is 45.2 Å². The highest BCUT2D eigenvalue weighted by molar-refractivity contribution is 5.96. The highest BCUT2D eigenvalue weighted by Gasteiger charge is 2.17. The van der Waals surface area contributed by atoms with Gasteiger partial charge >= 0.3 is 0 Å². The van der Waals surface area contributed by atoms with E-state index in [1.807, 2.05) is 31.4 Å². The van der Waals surface area contributed by atoms with Crippen molar-refractivity contribution in [3.63, 3.8) is 0 Å². The Hall–Kier alpha value is -3.98. The summed E-state index contributed by atoms with van der Waals surface area (Å²) >= 11 is 0. The molecule has 9 nitrogen and oxygen atoms in total. The third-order valence-electron chi connectivity index (χ3n) is 6.82. The normalized spacial score (nSPS) is 13.7. The zero-order valence-electron chi connectivity index (χ0n) is 21.6. The minimum atomic E-state index is -0.150. The smallest absolute Gasteiger partial charge is 0.251 e. The summed E-state index contributed by atoms with van der Waals surface area (Å²) in [5.74, 6) is 0.489. The van der Waals surface area contributed by atoms with E-state index in [9.17, 15) is 4.79 Å². The van der Waals surface area contributed by atoms with Gasteiger partial charge < -0.3 is 19.9 Å². The first kappa shape index (κ1) is 24.7. The Morgan fingerprint density at radius 2 is 1.92 bits per heavy atom. The van der Waals surface area contributed by atoms with Crippen molar-refractivity contribution in [2.24, 2.45) is 7.05 Å². The summed E-state index contributed by atoms with van der Waals surface area (Å²) in [6, 6.07) is 11.8. The molecular formula is C28H33N7O2. The predicted octanol–water partition coefficient (Wildman–Crippen LogP) is 4.02. The van der Waals surface area contributed by atoms with Gasteiger partial charge in [-0.3, -0.25) is 14.5 Å². The SMILES string of the molecule is CNC(=O)c1cc(OC)cc(N(CCCN2CCCC2)c2ccc3ncc(-c4cnn(C)c4)nc3c2)c1. The lowest BCUT2D eigenvalue weighted by molar-refractivity contribution is 0.0962. The molecule has 2 aromatic carbocycles. The van der Waals surface area contributed by atoms with Crippen LogP contribution < -0.4 is 15.0 Å². The number of aromatic nitrogens is 4. The molecule has 1 aliphatic rings. The molecule has 37 heavy (non-hydrogen) atoms. The maximum atomic E-state index is 12.5. The lowest BCUT2D eigenvalue weighted by Crippen LogP contribution is -2.26. The molecule has 0 atom stereocenters. The van der Waals surface area contributed by atoms with Gasteiger partial charge in [-0.25, -0.2) is 4.98 Å². The van der Waals surface area contributed by atoms with E-state index in [-0.39, 0.29) is 5.91 Å². The summed E-state index contributed by atoms with van der Waals surface area (Å²) < 4.78 is 7.31. The number of nitrogens with zero attached hydrogens (tertiary/aromatic N) is 6. The Kier molecular flexibility index (Phi) is 7.32. The second-order valence-corrected chi connectivity index (χ2v) is 9.38. The highest BCUT2D eigenvalue weighted by Crippen LogP contribution is 2.32. The molecule has 0 radical (unpaired) electrons. The van der Waals surface area contributed by atoms with Crippen molar-refractivity contribution >= 4 is 28.3 Å². The van der Waals surface area contributed by atoms with E-state index in [2.05, 4.69) is 37.3 Å². The number of carbonyl (C=O) groups is 1. The van der Waals surface area contributed by atoms with Gasteiger partial charge in [0.15, 0.2) is 0 Å². The maximum absolute atomic E-state index is 12.5. The molecule has 1 amide bonds. The van der Waals surface area contributed by atoms with E-state index < -0.39 is 0 Å². The van der Waals surface area contributed by atoms with Gasteiger partial charge in [0, 0.05) is 55.4 Å². The largest absolute Gasteiger partial charge is 0.497 e. The van der Waals surface area contributed by atoms with Crippen LogP contribution in [0.3, 0.4) is 0 Å². The number of carbonyl (C=O) groups excluding carboxylic acids is 1. The van der Waals surface area contributed by atoms with Crippen LogP contribution in [0.5, 0.6) is 5.75 Å². The fourth-order valence-corrected chi connectivity index (χ4v) is 4.86. The van der Waals surface area contributed by atoms with Gasteiger partial charge in [-0.2, -0.15) is 5.10 Å². The van der Waals surface area contributed by atoms with Crippen LogP contribution in [0, 0.1) is 0 Å². The van der Waals surface area contributed by atoms with Gasteiger partial charge in [0.1, 0.15) is 5.75 Å². The van der Waals surface area contributed by atoms with Crippen molar-refractivity contribution in [2.45, 2.75) is 19.3 Å². The monoisotopic (exact) mass is 499 g/mol. The first-order valence-corrected chi connectivity index (χ1v) is 12.7. The molecule has 0 aliphatic carbocycles. The highest BCUT2D eigenvalue weighted by atomic mass is 16.5. The number of hydrogen-bond acceptors (Lipinski definition) is 7. The summed E-state index contributed by atoms with van der Waals surface area (Å²) in [6.45, 7) is 4.17. The van der Waals surface area contributed by atoms with Crippen LogP contribution >= 0.6 is 0 Å². The number of rotatable bonds is 9. The number of benzene rings is 2. The van der Waals surface area contributed by atoms with Crippen molar-refractivity contribution in [1.29, 1.82) is 0 Å². The molecule has 0 saturated carbocycles. The van der Waals surface area contributed by atoms with Gasteiger partial charge in [0.05, 0.1) is 36.2 Å². The van der Waals surface area contributed by atoms with E-state index in [0.717, 1.165) is 53.2 Å².